The summed E-state index contributed by atoms with van der Waals surface area (Å²) in [6.07, 6.45) is 3.77. The Labute approximate surface area is 139 Å². The van der Waals surface area contributed by atoms with Gasteiger partial charge in [0.1, 0.15) is 0 Å². The Hall–Kier alpha value is -1.76. The average Bonchev–Trinajstić information content (AvgIpc) is 3.25. The summed E-state index contributed by atoms with van der Waals surface area (Å²) in [5.41, 5.74) is 2.04. The third kappa shape index (κ3) is 3.02. The van der Waals surface area contributed by atoms with Crippen molar-refractivity contribution in [3.8, 4) is 0 Å². The van der Waals surface area contributed by atoms with Crippen LogP contribution in [0.15, 0.2) is 41.4 Å². The highest BCUT2D eigenvalue weighted by molar-refractivity contribution is 7.08. The Morgan fingerprint density at radius 2 is 2.17 bits per heavy atom. The minimum absolute atomic E-state index is 0.119. The number of thiophene rings is 1. The van der Waals surface area contributed by atoms with Crippen LogP contribution in [0.4, 0.5) is 0 Å². The van der Waals surface area contributed by atoms with Crippen LogP contribution in [-0.4, -0.2) is 59.1 Å². The summed E-state index contributed by atoms with van der Waals surface area (Å²) in [4.78, 5) is 21.0. The van der Waals surface area contributed by atoms with Gasteiger partial charge < -0.3 is 9.64 Å². The Morgan fingerprint density at radius 3 is 2.96 bits per heavy atom. The Morgan fingerprint density at radius 1 is 1.30 bits per heavy atom. The molecule has 120 valence electrons. The van der Waals surface area contributed by atoms with Gasteiger partial charge in [-0.2, -0.15) is 11.3 Å². The number of carbonyl (C=O) groups is 1. The lowest BCUT2D eigenvalue weighted by molar-refractivity contribution is -0.0503. The summed E-state index contributed by atoms with van der Waals surface area (Å²) >= 11 is 1.56. The molecule has 0 bridgehead atoms. The lowest BCUT2D eigenvalue weighted by Crippen LogP contribution is -2.50. The molecule has 2 aliphatic rings. The fourth-order valence-electron chi connectivity index (χ4n) is 3.41. The van der Waals surface area contributed by atoms with Crippen LogP contribution in [0.25, 0.3) is 0 Å². The first kappa shape index (κ1) is 14.8. The molecule has 0 saturated carbocycles. The average molecular weight is 329 g/mol. The van der Waals surface area contributed by atoms with Gasteiger partial charge in [-0.1, -0.05) is 0 Å². The predicted molar refractivity (Wildman–Crippen MR) is 88.4 cm³/mol. The molecule has 2 aliphatic heterocycles. The molecular weight excluding hydrogens is 310 g/mol. The summed E-state index contributed by atoms with van der Waals surface area (Å²) in [6.45, 7) is 3.95. The van der Waals surface area contributed by atoms with E-state index in [-0.39, 0.29) is 18.1 Å². The molecule has 23 heavy (non-hydrogen) atoms. The second-order valence-electron chi connectivity index (χ2n) is 6.02. The van der Waals surface area contributed by atoms with Gasteiger partial charge in [-0.25, -0.2) is 0 Å². The van der Waals surface area contributed by atoms with E-state index in [2.05, 4.69) is 9.88 Å². The van der Waals surface area contributed by atoms with E-state index in [9.17, 15) is 4.79 Å². The number of nitrogens with zero attached hydrogens (tertiary/aromatic N) is 3. The van der Waals surface area contributed by atoms with Crippen LogP contribution in [-0.2, 0) is 11.3 Å². The number of likely N-dealkylation sites (tertiary alicyclic amines) is 1. The highest BCUT2D eigenvalue weighted by Gasteiger charge is 2.41. The Balaban J connectivity index is 1.47. The molecule has 4 heterocycles. The first-order valence-corrected chi connectivity index (χ1v) is 8.81. The Kier molecular flexibility index (Phi) is 4.11. The lowest BCUT2D eigenvalue weighted by Gasteiger charge is -2.36. The van der Waals surface area contributed by atoms with Crippen LogP contribution in [0.3, 0.4) is 0 Å². The van der Waals surface area contributed by atoms with E-state index in [1.54, 1.807) is 11.3 Å². The lowest BCUT2D eigenvalue weighted by atomic mass is 10.1. The SMILES string of the molecule is O=C(c1ccsc1)N1CC2OCCN(Cc3ccncc3)C2C1. The van der Waals surface area contributed by atoms with Gasteiger partial charge in [0.05, 0.1) is 24.3 Å². The van der Waals surface area contributed by atoms with Crippen molar-refractivity contribution in [3.63, 3.8) is 0 Å². The summed E-state index contributed by atoms with van der Waals surface area (Å²) in [5.74, 6) is 0.119. The number of rotatable bonds is 3. The predicted octanol–water partition coefficient (Wildman–Crippen LogP) is 1.87. The number of ether oxygens (including phenoxy) is 1. The molecule has 2 aromatic rings. The first-order chi connectivity index (χ1) is 11.3. The van der Waals surface area contributed by atoms with Crippen molar-refractivity contribution in [2.75, 3.05) is 26.2 Å². The van der Waals surface area contributed by atoms with Crippen molar-refractivity contribution < 1.29 is 9.53 Å². The molecule has 6 heteroatoms. The maximum absolute atomic E-state index is 12.6. The molecule has 0 spiro atoms. The highest BCUT2D eigenvalue weighted by Crippen LogP contribution is 2.26. The van der Waals surface area contributed by atoms with Crippen molar-refractivity contribution in [2.24, 2.45) is 0 Å². The number of morpholine rings is 1. The number of fused-ring (bicyclic) bond motifs is 1. The summed E-state index contributed by atoms with van der Waals surface area (Å²) in [7, 11) is 0. The van der Waals surface area contributed by atoms with Gasteiger partial charge in [-0.15, -0.1) is 0 Å². The maximum atomic E-state index is 12.6. The van der Waals surface area contributed by atoms with Crippen LogP contribution < -0.4 is 0 Å². The van der Waals surface area contributed by atoms with E-state index < -0.39 is 0 Å². The largest absolute Gasteiger partial charge is 0.373 e. The molecule has 0 aliphatic carbocycles. The maximum Gasteiger partial charge on any atom is 0.254 e. The van der Waals surface area contributed by atoms with Crippen LogP contribution in [0.2, 0.25) is 0 Å². The van der Waals surface area contributed by atoms with Crippen molar-refractivity contribution >= 4 is 17.2 Å². The number of pyridine rings is 1. The minimum atomic E-state index is 0.119. The number of hydrogen-bond acceptors (Lipinski definition) is 5. The van der Waals surface area contributed by atoms with Crippen molar-refractivity contribution in [3.05, 3.63) is 52.5 Å². The molecule has 0 aromatic carbocycles. The molecule has 2 saturated heterocycles. The standard InChI is InChI=1S/C17H19N3O2S/c21-17(14-3-8-23-12-14)20-10-15-16(11-20)22-7-6-19(15)9-13-1-4-18-5-2-13/h1-5,8,12,15-16H,6-7,9-11H2. The molecular formula is C17H19N3O2S. The first-order valence-electron chi connectivity index (χ1n) is 7.87. The van der Waals surface area contributed by atoms with E-state index in [1.807, 2.05) is 46.3 Å². The van der Waals surface area contributed by atoms with E-state index >= 15 is 0 Å². The van der Waals surface area contributed by atoms with E-state index in [1.165, 1.54) is 5.56 Å². The van der Waals surface area contributed by atoms with Crippen LogP contribution in [0.5, 0.6) is 0 Å². The fraction of sp³-hybridized carbons (Fsp3) is 0.412. The van der Waals surface area contributed by atoms with Gasteiger partial charge in [0.15, 0.2) is 0 Å². The number of hydrogen-bond donors (Lipinski definition) is 0. The van der Waals surface area contributed by atoms with E-state index in [0.29, 0.717) is 6.54 Å². The van der Waals surface area contributed by atoms with Gasteiger partial charge >= 0.3 is 0 Å². The molecule has 0 radical (unpaired) electrons. The number of carbonyl (C=O) groups excluding carboxylic acids is 1. The summed E-state index contributed by atoms with van der Waals surface area (Å²) < 4.78 is 5.92. The van der Waals surface area contributed by atoms with E-state index in [0.717, 1.165) is 31.8 Å². The van der Waals surface area contributed by atoms with Gasteiger partial charge in [-0.3, -0.25) is 14.7 Å². The Bertz CT molecular complexity index is 662. The van der Waals surface area contributed by atoms with Gasteiger partial charge in [0, 0.05) is 44.0 Å². The molecule has 2 fully saturated rings. The van der Waals surface area contributed by atoms with Crippen LogP contribution >= 0.6 is 11.3 Å². The van der Waals surface area contributed by atoms with Gasteiger partial charge in [0.2, 0.25) is 0 Å². The third-order valence-electron chi connectivity index (χ3n) is 4.61. The molecule has 1 amide bonds. The number of amides is 1. The molecule has 5 nitrogen and oxygen atoms in total. The van der Waals surface area contributed by atoms with Gasteiger partial charge in [0.25, 0.3) is 5.91 Å². The molecule has 4 rings (SSSR count). The van der Waals surface area contributed by atoms with E-state index in [4.69, 9.17) is 4.74 Å². The van der Waals surface area contributed by atoms with Crippen molar-refractivity contribution in [2.45, 2.75) is 18.7 Å². The third-order valence-corrected chi connectivity index (χ3v) is 5.29. The zero-order valence-electron chi connectivity index (χ0n) is 12.8. The fourth-order valence-corrected chi connectivity index (χ4v) is 4.04. The zero-order valence-corrected chi connectivity index (χ0v) is 13.6. The van der Waals surface area contributed by atoms with Crippen molar-refractivity contribution in [1.29, 1.82) is 0 Å². The topological polar surface area (TPSA) is 45.7 Å². The van der Waals surface area contributed by atoms with Gasteiger partial charge in [-0.05, 0) is 29.1 Å². The summed E-state index contributed by atoms with van der Waals surface area (Å²) in [5, 5.41) is 3.86. The normalized spacial score (nSPS) is 24.6. The molecule has 0 N–H and O–H groups in total. The summed E-state index contributed by atoms with van der Waals surface area (Å²) in [6, 6.07) is 6.27. The molecule has 2 unspecified atom stereocenters. The van der Waals surface area contributed by atoms with Crippen molar-refractivity contribution in [1.82, 2.24) is 14.8 Å². The molecule has 2 aromatic heterocycles. The zero-order chi connectivity index (χ0) is 15.6. The highest BCUT2D eigenvalue weighted by atomic mass is 32.1. The second kappa shape index (κ2) is 6.39. The minimum Gasteiger partial charge on any atom is -0.373 e. The van der Waals surface area contributed by atoms with Crippen LogP contribution in [0.1, 0.15) is 15.9 Å². The monoisotopic (exact) mass is 329 g/mol. The second-order valence-corrected chi connectivity index (χ2v) is 6.80. The van der Waals surface area contributed by atoms with Crippen LogP contribution in [0, 0.1) is 0 Å². The number of aromatic nitrogens is 1. The quantitative estimate of drug-likeness (QED) is 0.862. The molecule has 2 atom stereocenters. The smallest absolute Gasteiger partial charge is 0.254 e.